The Morgan fingerprint density at radius 2 is 1.90 bits per heavy atom. The maximum atomic E-state index is 14.8. The second-order valence-electron chi connectivity index (χ2n) is 10.6. The Labute approximate surface area is 236 Å². The summed E-state index contributed by atoms with van der Waals surface area (Å²) < 4.78 is 67.9. The van der Waals surface area contributed by atoms with E-state index in [1.54, 1.807) is 26.0 Å². The zero-order valence-corrected chi connectivity index (χ0v) is 23.3. The van der Waals surface area contributed by atoms with E-state index in [1.807, 2.05) is 13.8 Å². The number of nitrogens with zero attached hydrogens (tertiary/aromatic N) is 1. The number of ketones is 1. The van der Waals surface area contributed by atoms with Crippen LogP contribution in [0.3, 0.4) is 0 Å². The lowest BCUT2D eigenvalue weighted by Crippen LogP contribution is -2.38. The van der Waals surface area contributed by atoms with Gasteiger partial charge in [-0.15, -0.1) is 0 Å². The van der Waals surface area contributed by atoms with Crippen molar-refractivity contribution < 1.29 is 36.6 Å². The van der Waals surface area contributed by atoms with E-state index in [2.05, 4.69) is 15.5 Å². The molecule has 0 aromatic heterocycles. The Morgan fingerprint density at radius 3 is 2.54 bits per heavy atom. The van der Waals surface area contributed by atoms with Gasteiger partial charge in [0.1, 0.15) is 17.2 Å². The highest BCUT2D eigenvalue weighted by Crippen LogP contribution is 2.40. The number of Topliss-reactive ketones (excluding diaryl/α,β-unsaturated/α-hetero) is 1. The van der Waals surface area contributed by atoms with Crippen molar-refractivity contribution in [1.29, 1.82) is 0 Å². The number of ether oxygens (including phenoxy) is 2. The summed E-state index contributed by atoms with van der Waals surface area (Å²) in [5.41, 5.74) is -1.06. The van der Waals surface area contributed by atoms with E-state index in [1.165, 1.54) is 30.3 Å². The molecule has 1 aliphatic heterocycles. The first kappa shape index (κ1) is 30.1. The van der Waals surface area contributed by atoms with E-state index in [-0.39, 0.29) is 41.1 Å². The monoisotopic (exact) mass is 575 g/mol. The van der Waals surface area contributed by atoms with E-state index in [0.29, 0.717) is 30.7 Å². The molecular formula is C30H33F4N3O4. The Hall–Kier alpha value is -3.86. The van der Waals surface area contributed by atoms with Crippen LogP contribution in [-0.2, 0) is 15.7 Å². The summed E-state index contributed by atoms with van der Waals surface area (Å²) in [4.78, 5) is 26.6. The summed E-state index contributed by atoms with van der Waals surface area (Å²) in [5.74, 6) is -1.07. The quantitative estimate of drug-likeness (QED) is 0.331. The number of nitrogens with one attached hydrogen (secondary N) is 2. The largest absolute Gasteiger partial charge is 0.490 e. The van der Waals surface area contributed by atoms with E-state index in [9.17, 15) is 27.2 Å². The predicted octanol–water partition coefficient (Wildman–Crippen LogP) is 7.02. The lowest BCUT2D eigenvalue weighted by molar-refractivity contribution is -0.139. The molecule has 220 valence electrons. The summed E-state index contributed by atoms with van der Waals surface area (Å²) in [6.07, 6.45) is -0.854. The highest BCUT2D eigenvalue weighted by molar-refractivity contribution is 6.02. The molecule has 1 fully saturated rings. The summed E-state index contributed by atoms with van der Waals surface area (Å²) in [6.45, 7) is 9.10. The minimum Gasteiger partial charge on any atom is -0.490 e. The summed E-state index contributed by atoms with van der Waals surface area (Å²) >= 11 is 0. The molecule has 7 nitrogen and oxygen atoms in total. The molecule has 2 amide bonds. The summed E-state index contributed by atoms with van der Waals surface area (Å²) in [5, 5.41) is 4.65. The van der Waals surface area contributed by atoms with Gasteiger partial charge in [-0.3, -0.25) is 9.69 Å². The number of hydrogen-bond acceptors (Lipinski definition) is 5. The van der Waals surface area contributed by atoms with Crippen LogP contribution in [0.15, 0.2) is 54.3 Å². The lowest BCUT2D eigenvalue weighted by Gasteiger charge is -2.29. The number of benzene rings is 2. The van der Waals surface area contributed by atoms with Crippen molar-refractivity contribution in [3.63, 3.8) is 0 Å². The number of alkyl halides is 3. The topological polar surface area (TPSA) is 79.9 Å². The van der Waals surface area contributed by atoms with Gasteiger partial charge in [0.15, 0.2) is 5.76 Å². The van der Waals surface area contributed by atoms with Crippen LogP contribution in [0, 0.1) is 5.82 Å². The molecule has 1 atom stereocenters. The van der Waals surface area contributed by atoms with Gasteiger partial charge < -0.3 is 20.1 Å². The fraction of sp³-hybridized carbons (Fsp3) is 0.400. The first-order valence-electron chi connectivity index (χ1n) is 13.4. The van der Waals surface area contributed by atoms with Crippen LogP contribution in [0.4, 0.5) is 33.7 Å². The highest BCUT2D eigenvalue weighted by atomic mass is 19.4. The molecule has 0 radical (unpaired) electrons. The van der Waals surface area contributed by atoms with Gasteiger partial charge in [-0.2, -0.15) is 13.2 Å². The second-order valence-corrected chi connectivity index (χ2v) is 10.6. The van der Waals surface area contributed by atoms with Gasteiger partial charge in [-0.25, -0.2) is 9.18 Å². The minimum absolute atomic E-state index is 0.116. The van der Waals surface area contributed by atoms with Crippen LogP contribution < -0.4 is 15.4 Å². The number of carbonyl (C=O) groups excluding carboxylic acids is 2. The number of allylic oxidation sites excluding steroid dienone is 4. The van der Waals surface area contributed by atoms with Gasteiger partial charge >= 0.3 is 12.2 Å². The Kier molecular flexibility index (Phi) is 8.77. The van der Waals surface area contributed by atoms with Gasteiger partial charge in [0.05, 0.1) is 17.9 Å². The number of halogens is 4. The fourth-order valence-corrected chi connectivity index (χ4v) is 4.82. The molecule has 2 aromatic rings. The van der Waals surface area contributed by atoms with Crippen LogP contribution in [0.1, 0.15) is 51.7 Å². The van der Waals surface area contributed by atoms with E-state index in [0.717, 1.165) is 12.6 Å². The SMILES string of the molecule is CCOC1=CC(c2ccc(NC(=O)Nc3ccc(OC4(C)CCN(C(C)C)C4)c(C(F)(F)F)c3)c(F)c2)=CCC1=O. The van der Waals surface area contributed by atoms with Crippen LogP contribution in [0.25, 0.3) is 5.57 Å². The van der Waals surface area contributed by atoms with E-state index >= 15 is 0 Å². The van der Waals surface area contributed by atoms with Crippen molar-refractivity contribution >= 4 is 28.8 Å². The number of likely N-dealkylation sites (tertiary alicyclic amines) is 1. The van der Waals surface area contributed by atoms with Crippen molar-refractivity contribution in [2.45, 2.75) is 58.4 Å². The molecule has 0 saturated carbocycles. The molecule has 2 aromatic carbocycles. The molecular weight excluding hydrogens is 542 g/mol. The van der Waals surface area contributed by atoms with Crippen LogP contribution in [-0.4, -0.2) is 48.1 Å². The van der Waals surface area contributed by atoms with E-state index < -0.39 is 29.2 Å². The Balaban J connectivity index is 1.46. The first-order valence-corrected chi connectivity index (χ1v) is 13.4. The minimum atomic E-state index is -4.73. The molecule has 2 N–H and O–H groups in total. The summed E-state index contributed by atoms with van der Waals surface area (Å²) in [6, 6.07) is 6.68. The average Bonchev–Trinajstić information content (AvgIpc) is 3.29. The highest BCUT2D eigenvalue weighted by Gasteiger charge is 2.40. The molecule has 0 bridgehead atoms. The number of hydrogen-bond donors (Lipinski definition) is 2. The normalized spacial score (nSPS) is 19.6. The maximum absolute atomic E-state index is 14.8. The van der Waals surface area contributed by atoms with Gasteiger partial charge in [-0.1, -0.05) is 12.1 Å². The third-order valence-electron chi connectivity index (χ3n) is 7.01. The van der Waals surface area contributed by atoms with Crippen molar-refractivity contribution in [1.82, 2.24) is 4.90 Å². The molecule has 2 aliphatic rings. The van der Waals surface area contributed by atoms with Crippen molar-refractivity contribution in [2.75, 3.05) is 30.3 Å². The second kappa shape index (κ2) is 11.9. The van der Waals surface area contributed by atoms with Crippen molar-refractivity contribution in [3.05, 3.63) is 71.3 Å². The molecule has 1 saturated heterocycles. The molecule has 1 heterocycles. The molecule has 1 aliphatic carbocycles. The zero-order valence-electron chi connectivity index (χ0n) is 23.3. The van der Waals surface area contributed by atoms with Gasteiger partial charge in [0.2, 0.25) is 5.78 Å². The zero-order chi connectivity index (χ0) is 29.9. The van der Waals surface area contributed by atoms with Crippen molar-refractivity contribution in [2.24, 2.45) is 0 Å². The number of urea groups is 1. The van der Waals surface area contributed by atoms with E-state index in [4.69, 9.17) is 9.47 Å². The average molecular weight is 576 g/mol. The van der Waals surface area contributed by atoms with Crippen molar-refractivity contribution in [3.8, 4) is 5.75 Å². The maximum Gasteiger partial charge on any atom is 0.420 e. The van der Waals surface area contributed by atoms with Gasteiger partial charge in [0, 0.05) is 37.7 Å². The molecule has 11 heteroatoms. The third kappa shape index (κ3) is 7.27. The summed E-state index contributed by atoms with van der Waals surface area (Å²) in [7, 11) is 0. The Morgan fingerprint density at radius 1 is 1.15 bits per heavy atom. The standard InChI is InChI=1S/C30H33F4N3O4/c1-5-40-27-15-20(7-10-25(27)38)19-6-9-24(23(31)14-19)36-28(39)35-21-8-11-26(22(16-21)30(32,33)34)41-29(4)12-13-37(17-29)18(2)3/h6-9,11,14-16,18H,5,10,12-13,17H2,1-4H3,(H2,35,36,39). The molecule has 1 unspecified atom stereocenters. The smallest absolute Gasteiger partial charge is 0.420 e. The molecule has 41 heavy (non-hydrogen) atoms. The Bertz CT molecular complexity index is 1390. The van der Waals surface area contributed by atoms with Crippen LogP contribution >= 0.6 is 0 Å². The predicted molar refractivity (Wildman–Crippen MR) is 148 cm³/mol. The molecule has 0 spiro atoms. The first-order chi connectivity index (χ1) is 19.3. The van der Waals surface area contributed by atoms with Crippen LogP contribution in [0.2, 0.25) is 0 Å². The number of anilines is 2. The fourth-order valence-electron chi connectivity index (χ4n) is 4.82. The lowest BCUT2D eigenvalue weighted by atomic mass is 9.97. The van der Waals surface area contributed by atoms with Crippen LogP contribution in [0.5, 0.6) is 5.75 Å². The van der Waals surface area contributed by atoms with Gasteiger partial charge in [0.25, 0.3) is 0 Å². The third-order valence-corrected chi connectivity index (χ3v) is 7.01. The number of rotatable bonds is 8. The number of carbonyl (C=O) groups is 2. The van der Waals surface area contributed by atoms with Gasteiger partial charge in [-0.05, 0) is 75.2 Å². The number of amides is 2. The molecule has 4 rings (SSSR count).